The summed E-state index contributed by atoms with van der Waals surface area (Å²) >= 11 is 1.15. The van der Waals surface area contributed by atoms with Crippen LogP contribution in [-0.4, -0.2) is 27.5 Å². The van der Waals surface area contributed by atoms with Gasteiger partial charge in [0.15, 0.2) is 0 Å². The standard InChI is InChI=1S/C11H13FO3S/c1-6(13)7(2)16-9-5-3-4-8(12)10(9)11(14)15/h3-7,13H,1-2H3,(H,14,15). The first-order valence-electron chi connectivity index (χ1n) is 4.80. The molecular weight excluding hydrogens is 231 g/mol. The van der Waals surface area contributed by atoms with Gasteiger partial charge in [-0.05, 0) is 19.1 Å². The van der Waals surface area contributed by atoms with Gasteiger partial charge in [-0.15, -0.1) is 11.8 Å². The molecule has 0 radical (unpaired) electrons. The van der Waals surface area contributed by atoms with Crippen LogP contribution in [0.5, 0.6) is 0 Å². The van der Waals surface area contributed by atoms with Crippen LogP contribution in [0.1, 0.15) is 24.2 Å². The highest BCUT2D eigenvalue weighted by Gasteiger charge is 2.19. The maximum absolute atomic E-state index is 13.3. The smallest absolute Gasteiger partial charge is 0.339 e. The average molecular weight is 244 g/mol. The van der Waals surface area contributed by atoms with E-state index in [1.807, 2.05) is 0 Å². The lowest BCUT2D eigenvalue weighted by Crippen LogP contribution is -2.16. The first kappa shape index (κ1) is 13.0. The number of benzene rings is 1. The number of carboxylic acids is 1. The topological polar surface area (TPSA) is 57.5 Å². The van der Waals surface area contributed by atoms with Gasteiger partial charge >= 0.3 is 5.97 Å². The van der Waals surface area contributed by atoms with E-state index in [1.165, 1.54) is 12.1 Å². The third-order valence-electron chi connectivity index (χ3n) is 2.18. The molecule has 5 heteroatoms. The minimum atomic E-state index is -1.29. The first-order valence-corrected chi connectivity index (χ1v) is 5.68. The van der Waals surface area contributed by atoms with Crippen LogP contribution < -0.4 is 0 Å². The zero-order chi connectivity index (χ0) is 12.3. The van der Waals surface area contributed by atoms with Crippen molar-refractivity contribution < 1.29 is 19.4 Å². The molecule has 0 aromatic heterocycles. The van der Waals surface area contributed by atoms with Gasteiger partial charge in [-0.1, -0.05) is 13.0 Å². The fourth-order valence-electron chi connectivity index (χ4n) is 1.11. The molecule has 1 rings (SSSR count). The molecule has 0 spiro atoms. The molecule has 0 aliphatic rings. The number of hydrogen-bond acceptors (Lipinski definition) is 3. The number of hydrogen-bond donors (Lipinski definition) is 2. The monoisotopic (exact) mass is 244 g/mol. The van der Waals surface area contributed by atoms with Gasteiger partial charge in [0, 0.05) is 10.1 Å². The third kappa shape index (κ3) is 2.96. The van der Waals surface area contributed by atoms with Gasteiger partial charge in [-0.2, -0.15) is 0 Å². The van der Waals surface area contributed by atoms with Gasteiger partial charge in [0.2, 0.25) is 0 Å². The fourth-order valence-corrected chi connectivity index (χ4v) is 2.17. The molecule has 1 aromatic rings. The number of aliphatic hydroxyl groups excluding tert-OH is 1. The second-order valence-electron chi connectivity index (χ2n) is 3.48. The quantitative estimate of drug-likeness (QED) is 0.798. The number of carboxylic acid groups (broad SMARTS) is 1. The molecule has 0 fully saturated rings. The predicted octanol–water partition coefficient (Wildman–Crippen LogP) is 2.39. The normalized spacial score (nSPS) is 14.5. The maximum atomic E-state index is 13.3. The molecular formula is C11H13FO3S. The fraction of sp³-hybridized carbons (Fsp3) is 0.364. The Balaban J connectivity index is 3.04. The summed E-state index contributed by atoms with van der Waals surface area (Å²) in [6, 6.07) is 4.11. The largest absolute Gasteiger partial charge is 0.478 e. The van der Waals surface area contributed by atoms with Gasteiger partial charge < -0.3 is 10.2 Å². The molecule has 0 amide bonds. The lowest BCUT2D eigenvalue weighted by atomic mass is 10.2. The number of aliphatic hydroxyl groups is 1. The SMILES string of the molecule is CC(O)C(C)Sc1cccc(F)c1C(=O)O. The maximum Gasteiger partial charge on any atom is 0.339 e. The Kier molecular flexibility index (Phi) is 4.32. The summed E-state index contributed by atoms with van der Waals surface area (Å²) in [7, 11) is 0. The average Bonchev–Trinajstić information content (AvgIpc) is 2.16. The summed E-state index contributed by atoms with van der Waals surface area (Å²) < 4.78 is 13.3. The van der Waals surface area contributed by atoms with Gasteiger partial charge in [-0.3, -0.25) is 0 Å². The number of aromatic carboxylic acids is 1. The Morgan fingerprint density at radius 1 is 1.44 bits per heavy atom. The number of rotatable bonds is 4. The van der Waals surface area contributed by atoms with Crippen molar-refractivity contribution in [1.29, 1.82) is 0 Å². The molecule has 88 valence electrons. The van der Waals surface area contributed by atoms with Crippen molar-refractivity contribution in [2.45, 2.75) is 30.1 Å². The van der Waals surface area contributed by atoms with E-state index in [2.05, 4.69) is 0 Å². The van der Waals surface area contributed by atoms with Crippen LogP contribution in [0.25, 0.3) is 0 Å². The molecule has 3 nitrogen and oxygen atoms in total. The van der Waals surface area contributed by atoms with Crippen LogP contribution in [0.2, 0.25) is 0 Å². The Morgan fingerprint density at radius 2 is 2.06 bits per heavy atom. The van der Waals surface area contributed by atoms with Crippen molar-refractivity contribution in [3.8, 4) is 0 Å². The minimum absolute atomic E-state index is 0.195. The highest BCUT2D eigenvalue weighted by atomic mass is 32.2. The number of thioether (sulfide) groups is 1. The summed E-state index contributed by atoms with van der Waals surface area (Å²) in [5.74, 6) is -2.05. The minimum Gasteiger partial charge on any atom is -0.478 e. The highest BCUT2D eigenvalue weighted by molar-refractivity contribution is 8.00. The molecule has 0 bridgehead atoms. The van der Waals surface area contributed by atoms with Gasteiger partial charge in [0.05, 0.1) is 6.10 Å². The Labute approximate surface area is 97.3 Å². The second-order valence-corrected chi connectivity index (χ2v) is 4.90. The van der Waals surface area contributed by atoms with E-state index in [0.717, 1.165) is 17.8 Å². The van der Waals surface area contributed by atoms with Crippen LogP contribution in [0.3, 0.4) is 0 Å². The third-order valence-corrected chi connectivity index (χ3v) is 3.54. The summed E-state index contributed by atoms with van der Waals surface area (Å²) in [5.41, 5.74) is -0.333. The first-order chi connectivity index (χ1) is 7.43. The summed E-state index contributed by atoms with van der Waals surface area (Å²) in [6.45, 7) is 3.36. The van der Waals surface area contributed by atoms with E-state index in [-0.39, 0.29) is 10.8 Å². The van der Waals surface area contributed by atoms with Gasteiger partial charge in [0.1, 0.15) is 11.4 Å². The molecule has 16 heavy (non-hydrogen) atoms. The van der Waals surface area contributed by atoms with E-state index >= 15 is 0 Å². The molecule has 0 saturated heterocycles. The molecule has 2 N–H and O–H groups in total. The summed E-state index contributed by atoms with van der Waals surface area (Å²) in [4.78, 5) is 11.2. The van der Waals surface area contributed by atoms with Crippen LogP contribution in [0.15, 0.2) is 23.1 Å². The van der Waals surface area contributed by atoms with Crippen LogP contribution in [-0.2, 0) is 0 Å². The van der Waals surface area contributed by atoms with Crippen molar-refractivity contribution in [2.75, 3.05) is 0 Å². The summed E-state index contributed by atoms with van der Waals surface area (Å²) in [5, 5.41) is 18.0. The second kappa shape index (κ2) is 5.32. The van der Waals surface area contributed by atoms with Crippen molar-refractivity contribution in [1.82, 2.24) is 0 Å². The molecule has 0 aliphatic carbocycles. The Bertz CT molecular complexity index is 393. The molecule has 1 aromatic carbocycles. The van der Waals surface area contributed by atoms with E-state index < -0.39 is 17.9 Å². The van der Waals surface area contributed by atoms with Crippen molar-refractivity contribution >= 4 is 17.7 Å². The van der Waals surface area contributed by atoms with Crippen LogP contribution in [0.4, 0.5) is 4.39 Å². The van der Waals surface area contributed by atoms with Crippen molar-refractivity contribution in [3.05, 3.63) is 29.6 Å². The Morgan fingerprint density at radius 3 is 2.56 bits per heavy atom. The van der Waals surface area contributed by atoms with E-state index in [0.29, 0.717) is 4.90 Å². The van der Waals surface area contributed by atoms with Crippen LogP contribution >= 0.6 is 11.8 Å². The molecule has 0 saturated carbocycles. The highest BCUT2D eigenvalue weighted by Crippen LogP contribution is 2.29. The predicted molar refractivity (Wildman–Crippen MR) is 60.4 cm³/mol. The lowest BCUT2D eigenvalue weighted by molar-refractivity contribution is 0.0687. The number of halogens is 1. The van der Waals surface area contributed by atoms with E-state index in [1.54, 1.807) is 13.8 Å². The van der Waals surface area contributed by atoms with E-state index in [9.17, 15) is 14.3 Å². The van der Waals surface area contributed by atoms with Gasteiger partial charge in [0.25, 0.3) is 0 Å². The number of carbonyl (C=O) groups is 1. The molecule has 0 aliphatic heterocycles. The lowest BCUT2D eigenvalue weighted by Gasteiger charge is -2.15. The summed E-state index contributed by atoms with van der Waals surface area (Å²) in [6.07, 6.45) is -0.588. The molecule has 2 atom stereocenters. The van der Waals surface area contributed by atoms with Gasteiger partial charge in [-0.25, -0.2) is 9.18 Å². The van der Waals surface area contributed by atoms with Crippen molar-refractivity contribution in [3.63, 3.8) is 0 Å². The van der Waals surface area contributed by atoms with Crippen LogP contribution in [0, 0.1) is 5.82 Å². The molecule has 2 unspecified atom stereocenters. The zero-order valence-electron chi connectivity index (χ0n) is 8.98. The van der Waals surface area contributed by atoms with Crippen molar-refractivity contribution in [2.24, 2.45) is 0 Å². The molecule has 0 heterocycles. The van der Waals surface area contributed by atoms with E-state index in [4.69, 9.17) is 5.11 Å². The zero-order valence-corrected chi connectivity index (χ0v) is 9.79. The Hall–Kier alpha value is -1.07.